The zero-order chi connectivity index (χ0) is 19.2. The molecule has 1 unspecified atom stereocenters. The van der Waals surface area contributed by atoms with Crippen molar-refractivity contribution in [2.24, 2.45) is 5.92 Å². The van der Waals surface area contributed by atoms with Gasteiger partial charge < -0.3 is 4.74 Å². The molecule has 1 aliphatic rings. The molecule has 1 atom stereocenters. The maximum Gasteiger partial charge on any atom is 0.309 e. The summed E-state index contributed by atoms with van der Waals surface area (Å²) in [4.78, 5) is 14.6. The molecular formula is C23H35NO2. The first-order chi connectivity index (χ1) is 12.3. The molecule has 1 heterocycles. The van der Waals surface area contributed by atoms with Crippen LogP contribution in [0.3, 0.4) is 0 Å². The molecule has 1 aliphatic heterocycles. The van der Waals surface area contributed by atoms with Crippen LogP contribution < -0.4 is 0 Å². The topological polar surface area (TPSA) is 29.5 Å². The van der Waals surface area contributed by atoms with Crippen molar-refractivity contribution in [1.29, 1.82) is 0 Å². The Bertz CT molecular complexity index is 594. The van der Waals surface area contributed by atoms with E-state index >= 15 is 0 Å². The van der Waals surface area contributed by atoms with E-state index in [1.54, 1.807) is 0 Å². The van der Waals surface area contributed by atoms with Gasteiger partial charge in [0.1, 0.15) is 0 Å². The van der Waals surface area contributed by atoms with Crippen LogP contribution in [0.5, 0.6) is 0 Å². The number of carbonyl (C=O) groups is 1. The monoisotopic (exact) mass is 357 g/mol. The van der Waals surface area contributed by atoms with Gasteiger partial charge in [-0.25, -0.2) is 0 Å². The predicted molar refractivity (Wildman–Crippen MR) is 108 cm³/mol. The molecule has 0 spiro atoms. The molecule has 3 heteroatoms. The standard InChI is InChI=1S/C23H35NO2/c1-6-26-22(25)19-12-14-24(15-13-19)21(16-18(2)3)17-23(4,5)20-10-8-7-9-11-20/h7-11,16,19,21H,6,12-15,17H2,1-5H3. The first-order valence-electron chi connectivity index (χ1n) is 9.94. The highest BCUT2D eigenvalue weighted by Crippen LogP contribution is 2.32. The van der Waals surface area contributed by atoms with E-state index in [1.165, 1.54) is 11.1 Å². The van der Waals surface area contributed by atoms with Crippen LogP contribution in [0, 0.1) is 5.92 Å². The number of hydrogen-bond donors (Lipinski definition) is 0. The van der Waals surface area contributed by atoms with E-state index in [2.05, 4.69) is 69.0 Å². The van der Waals surface area contributed by atoms with E-state index in [0.29, 0.717) is 12.6 Å². The highest BCUT2D eigenvalue weighted by molar-refractivity contribution is 5.72. The molecule has 1 saturated heterocycles. The van der Waals surface area contributed by atoms with Crippen LogP contribution in [0.15, 0.2) is 42.0 Å². The fraction of sp³-hybridized carbons (Fsp3) is 0.609. The van der Waals surface area contributed by atoms with Crippen molar-refractivity contribution in [3.05, 3.63) is 47.5 Å². The van der Waals surface area contributed by atoms with Gasteiger partial charge in [-0.3, -0.25) is 9.69 Å². The highest BCUT2D eigenvalue weighted by atomic mass is 16.5. The van der Waals surface area contributed by atoms with E-state index in [0.717, 1.165) is 32.4 Å². The molecule has 1 fully saturated rings. The Balaban J connectivity index is 2.07. The molecule has 0 saturated carbocycles. The molecule has 0 bridgehead atoms. The Morgan fingerprint density at radius 3 is 2.38 bits per heavy atom. The van der Waals surface area contributed by atoms with E-state index in [1.807, 2.05) is 6.92 Å². The summed E-state index contributed by atoms with van der Waals surface area (Å²) in [5, 5.41) is 0. The molecule has 3 nitrogen and oxygen atoms in total. The molecule has 0 radical (unpaired) electrons. The molecule has 144 valence electrons. The van der Waals surface area contributed by atoms with Crippen LogP contribution in [0.2, 0.25) is 0 Å². The Morgan fingerprint density at radius 1 is 1.23 bits per heavy atom. The van der Waals surface area contributed by atoms with Crippen LogP contribution in [0.1, 0.15) is 59.4 Å². The lowest BCUT2D eigenvalue weighted by Gasteiger charge is -2.39. The first kappa shape index (κ1) is 20.7. The van der Waals surface area contributed by atoms with Gasteiger partial charge in [-0.1, -0.05) is 55.8 Å². The number of carbonyl (C=O) groups excluding carboxylic acids is 1. The van der Waals surface area contributed by atoms with E-state index in [9.17, 15) is 4.79 Å². The number of allylic oxidation sites excluding steroid dienone is 1. The number of rotatable bonds is 7. The summed E-state index contributed by atoms with van der Waals surface area (Å²) in [7, 11) is 0. The third kappa shape index (κ3) is 5.70. The summed E-state index contributed by atoms with van der Waals surface area (Å²) in [5.41, 5.74) is 2.84. The Kier molecular flexibility index (Phi) is 7.45. The Labute approximate surface area is 159 Å². The fourth-order valence-corrected chi connectivity index (χ4v) is 3.94. The average molecular weight is 358 g/mol. The van der Waals surface area contributed by atoms with Gasteiger partial charge >= 0.3 is 5.97 Å². The van der Waals surface area contributed by atoms with E-state index < -0.39 is 0 Å². The maximum absolute atomic E-state index is 12.0. The highest BCUT2D eigenvalue weighted by Gasteiger charge is 2.32. The van der Waals surface area contributed by atoms with Gasteiger partial charge in [0, 0.05) is 6.04 Å². The normalized spacial score (nSPS) is 17.6. The predicted octanol–water partition coefficient (Wildman–Crippen LogP) is 4.96. The average Bonchev–Trinajstić information content (AvgIpc) is 2.62. The summed E-state index contributed by atoms with van der Waals surface area (Å²) in [5.74, 6) is 0.0521. The third-order valence-corrected chi connectivity index (χ3v) is 5.42. The summed E-state index contributed by atoms with van der Waals surface area (Å²) in [6.07, 6.45) is 5.27. The van der Waals surface area contributed by atoms with Crippen molar-refractivity contribution >= 4 is 5.97 Å². The molecule has 0 amide bonds. The lowest BCUT2D eigenvalue weighted by atomic mass is 9.78. The van der Waals surface area contributed by atoms with Gasteiger partial charge in [-0.15, -0.1) is 0 Å². The van der Waals surface area contributed by atoms with Crippen molar-refractivity contribution < 1.29 is 9.53 Å². The fourth-order valence-electron chi connectivity index (χ4n) is 3.94. The minimum Gasteiger partial charge on any atom is -0.466 e. The summed E-state index contributed by atoms with van der Waals surface area (Å²) >= 11 is 0. The Hall–Kier alpha value is -1.61. The number of esters is 1. The van der Waals surface area contributed by atoms with Gasteiger partial charge in [0.05, 0.1) is 12.5 Å². The molecular weight excluding hydrogens is 322 g/mol. The van der Waals surface area contributed by atoms with Crippen LogP contribution in [-0.2, 0) is 14.9 Å². The van der Waals surface area contributed by atoms with Gasteiger partial charge in [0.25, 0.3) is 0 Å². The number of nitrogens with zero attached hydrogens (tertiary/aromatic N) is 1. The van der Waals surface area contributed by atoms with Crippen LogP contribution in [0.4, 0.5) is 0 Å². The van der Waals surface area contributed by atoms with Crippen LogP contribution >= 0.6 is 0 Å². The van der Waals surface area contributed by atoms with Crippen molar-refractivity contribution in [2.75, 3.05) is 19.7 Å². The zero-order valence-corrected chi connectivity index (χ0v) is 17.1. The largest absolute Gasteiger partial charge is 0.466 e. The van der Waals surface area contributed by atoms with Crippen LogP contribution in [-0.4, -0.2) is 36.6 Å². The molecule has 0 N–H and O–H groups in total. The lowest BCUT2D eigenvalue weighted by molar-refractivity contribution is -0.149. The number of hydrogen-bond acceptors (Lipinski definition) is 3. The first-order valence-corrected chi connectivity index (χ1v) is 9.94. The second kappa shape index (κ2) is 9.36. The minimum atomic E-state index is -0.0180. The van der Waals surface area contributed by atoms with Crippen LogP contribution in [0.25, 0.3) is 0 Å². The molecule has 0 aliphatic carbocycles. The van der Waals surface area contributed by atoms with Crippen molar-refractivity contribution in [3.8, 4) is 0 Å². The van der Waals surface area contributed by atoms with Gasteiger partial charge in [-0.2, -0.15) is 0 Å². The number of likely N-dealkylation sites (tertiary alicyclic amines) is 1. The van der Waals surface area contributed by atoms with Gasteiger partial charge in [0.2, 0.25) is 0 Å². The number of piperidine rings is 1. The van der Waals surface area contributed by atoms with E-state index in [4.69, 9.17) is 4.74 Å². The Morgan fingerprint density at radius 2 is 1.85 bits per heavy atom. The number of benzene rings is 1. The third-order valence-electron chi connectivity index (χ3n) is 5.42. The lowest BCUT2D eigenvalue weighted by Crippen LogP contribution is -2.44. The van der Waals surface area contributed by atoms with Crippen molar-refractivity contribution in [3.63, 3.8) is 0 Å². The smallest absolute Gasteiger partial charge is 0.309 e. The molecule has 1 aromatic carbocycles. The SMILES string of the molecule is CCOC(=O)C1CCN(C(C=C(C)C)CC(C)(C)c2ccccc2)CC1. The van der Waals surface area contributed by atoms with Gasteiger partial charge in [-0.05, 0) is 64.1 Å². The van der Waals surface area contributed by atoms with Crippen molar-refractivity contribution in [2.45, 2.75) is 65.3 Å². The summed E-state index contributed by atoms with van der Waals surface area (Å²) in [6, 6.07) is 11.2. The summed E-state index contributed by atoms with van der Waals surface area (Å²) in [6.45, 7) is 13.3. The quantitative estimate of drug-likeness (QED) is 0.510. The molecule has 2 rings (SSSR count). The van der Waals surface area contributed by atoms with Gasteiger partial charge in [0.15, 0.2) is 0 Å². The second-order valence-corrected chi connectivity index (χ2v) is 8.33. The van der Waals surface area contributed by atoms with Crippen molar-refractivity contribution in [1.82, 2.24) is 4.90 Å². The maximum atomic E-state index is 12.0. The number of ether oxygens (including phenoxy) is 1. The molecule has 0 aromatic heterocycles. The minimum absolute atomic E-state index is 0.0180. The second-order valence-electron chi connectivity index (χ2n) is 8.33. The molecule has 1 aromatic rings. The zero-order valence-electron chi connectivity index (χ0n) is 17.1. The molecule has 26 heavy (non-hydrogen) atoms. The van der Waals surface area contributed by atoms with E-state index in [-0.39, 0.29) is 17.3 Å². The summed E-state index contributed by atoms with van der Waals surface area (Å²) < 4.78 is 5.21.